The van der Waals surface area contributed by atoms with E-state index in [1.165, 1.54) is 0 Å². The van der Waals surface area contributed by atoms with Crippen molar-refractivity contribution in [3.05, 3.63) is 23.4 Å². The van der Waals surface area contributed by atoms with Gasteiger partial charge in [0.25, 0.3) is 0 Å². The molecule has 1 aromatic heterocycles. The lowest BCUT2D eigenvalue weighted by atomic mass is 10.2. The summed E-state index contributed by atoms with van der Waals surface area (Å²) < 4.78 is 5.10. The summed E-state index contributed by atoms with van der Waals surface area (Å²) in [5, 5.41) is 11.9. The molecular formula is C11H15N3O. The first kappa shape index (κ1) is 11.5. The van der Waals surface area contributed by atoms with Crippen LogP contribution in [-0.4, -0.2) is 24.7 Å². The van der Waals surface area contributed by atoms with E-state index in [0.717, 1.165) is 11.5 Å². The Balaban J connectivity index is 2.69. The third-order valence-corrected chi connectivity index (χ3v) is 2.06. The summed E-state index contributed by atoms with van der Waals surface area (Å²) in [5.74, 6) is 0.718. The molecular weight excluding hydrogens is 190 g/mol. The number of nitriles is 1. The predicted octanol–water partition coefficient (Wildman–Crippen LogP) is 1.71. The topological polar surface area (TPSA) is 57.9 Å². The highest BCUT2D eigenvalue weighted by Crippen LogP contribution is 2.09. The number of hydrogen-bond donors (Lipinski definition) is 1. The molecule has 4 heteroatoms. The van der Waals surface area contributed by atoms with Crippen molar-refractivity contribution in [3.63, 3.8) is 0 Å². The molecule has 0 radical (unpaired) electrons. The van der Waals surface area contributed by atoms with Crippen LogP contribution in [0.25, 0.3) is 0 Å². The van der Waals surface area contributed by atoms with Crippen molar-refractivity contribution in [2.45, 2.75) is 20.0 Å². The fraction of sp³-hybridized carbons (Fsp3) is 0.455. The molecule has 1 heterocycles. The molecule has 1 N–H and O–H groups in total. The molecule has 0 aliphatic heterocycles. The van der Waals surface area contributed by atoms with Gasteiger partial charge in [0, 0.05) is 19.3 Å². The van der Waals surface area contributed by atoms with Crippen LogP contribution in [-0.2, 0) is 4.74 Å². The number of methoxy groups -OCH3 is 1. The van der Waals surface area contributed by atoms with Crippen molar-refractivity contribution in [3.8, 4) is 6.07 Å². The molecule has 80 valence electrons. The summed E-state index contributed by atoms with van der Waals surface area (Å²) in [7, 11) is 1.66. The molecule has 0 fully saturated rings. The van der Waals surface area contributed by atoms with Crippen LogP contribution in [0.2, 0.25) is 0 Å². The van der Waals surface area contributed by atoms with Crippen molar-refractivity contribution >= 4 is 5.82 Å². The van der Waals surface area contributed by atoms with E-state index in [1.807, 2.05) is 13.8 Å². The molecule has 1 atom stereocenters. The van der Waals surface area contributed by atoms with Gasteiger partial charge in [0.2, 0.25) is 0 Å². The highest BCUT2D eigenvalue weighted by atomic mass is 16.5. The minimum atomic E-state index is 0.123. The van der Waals surface area contributed by atoms with Gasteiger partial charge in [-0.3, -0.25) is 0 Å². The molecule has 0 spiro atoms. The van der Waals surface area contributed by atoms with E-state index in [-0.39, 0.29) is 6.10 Å². The molecule has 0 saturated heterocycles. The number of nitrogens with zero attached hydrogens (tertiary/aromatic N) is 2. The molecule has 1 unspecified atom stereocenters. The van der Waals surface area contributed by atoms with Crippen LogP contribution in [0.4, 0.5) is 5.82 Å². The Kier molecular flexibility index (Phi) is 4.07. The molecule has 15 heavy (non-hydrogen) atoms. The molecule has 4 nitrogen and oxygen atoms in total. The summed E-state index contributed by atoms with van der Waals surface area (Å²) >= 11 is 0. The first-order chi connectivity index (χ1) is 7.15. The normalized spacial score (nSPS) is 11.9. The number of ether oxygens (including phenoxy) is 1. The van der Waals surface area contributed by atoms with E-state index in [2.05, 4.69) is 16.4 Å². The Bertz CT molecular complexity index is 371. The molecule has 1 aromatic rings. The van der Waals surface area contributed by atoms with Crippen molar-refractivity contribution in [1.29, 1.82) is 5.26 Å². The number of hydrogen-bond acceptors (Lipinski definition) is 4. The Morgan fingerprint density at radius 3 is 2.93 bits per heavy atom. The van der Waals surface area contributed by atoms with E-state index < -0.39 is 0 Å². The highest BCUT2D eigenvalue weighted by Gasteiger charge is 2.02. The lowest BCUT2D eigenvalue weighted by molar-refractivity contribution is 0.128. The van der Waals surface area contributed by atoms with E-state index in [1.54, 1.807) is 19.2 Å². The minimum Gasteiger partial charge on any atom is -0.380 e. The second-order valence-corrected chi connectivity index (χ2v) is 3.42. The molecule has 0 aromatic carbocycles. The van der Waals surface area contributed by atoms with Crippen LogP contribution >= 0.6 is 0 Å². The molecule has 0 bridgehead atoms. The van der Waals surface area contributed by atoms with Crippen LogP contribution in [0.1, 0.15) is 18.2 Å². The third kappa shape index (κ3) is 3.56. The zero-order valence-corrected chi connectivity index (χ0v) is 9.24. The van der Waals surface area contributed by atoms with Gasteiger partial charge in [0.05, 0.1) is 17.7 Å². The maximum Gasteiger partial charge on any atom is 0.127 e. The van der Waals surface area contributed by atoms with Gasteiger partial charge >= 0.3 is 0 Å². The van der Waals surface area contributed by atoms with Gasteiger partial charge in [0.15, 0.2) is 0 Å². The quantitative estimate of drug-likeness (QED) is 0.813. The van der Waals surface area contributed by atoms with Gasteiger partial charge < -0.3 is 10.1 Å². The summed E-state index contributed by atoms with van der Waals surface area (Å²) in [6.45, 7) is 4.51. The van der Waals surface area contributed by atoms with Gasteiger partial charge in [-0.1, -0.05) is 0 Å². The van der Waals surface area contributed by atoms with Gasteiger partial charge in [0.1, 0.15) is 5.82 Å². The van der Waals surface area contributed by atoms with Gasteiger partial charge in [-0.05, 0) is 26.0 Å². The third-order valence-electron chi connectivity index (χ3n) is 2.06. The van der Waals surface area contributed by atoms with Crippen molar-refractivity contribution < 1.29 is 4.74 Å². The standard InChI is InChI=1S/C11H15N3O/c1-8-4-10(6-12)5-11(14-8)13-7-9(2)15-3/h4-5,9H,7H2,1-3H3,(H,13,14). The largest absolute Gasteiger partial charge is 0.380 e. The zero-order valence-electron chi connectivity index (χ0n) is 9.24. The average molecular weight is 205 g/mol. The second kappa shape index (κ2) is 5.32. The summed E-state index contributed by atoms with van der Waals surface area (Å²) in [5.41, 5.74) is 1.46. The van der Waals surface area contributed by atoms with Crippen LogP contribution in [0.3, 0.4) is 0 Å². The van der Waals surface area contributed by atoms with Crippen LogP contribution in [0, 0.1) is 18.3 Å². The number of aromatic nitrogens is 1. The SMILES string of the molecule is COC(C)CNc1cc(C#N)cc(C)n1. The smallest absolute Gasteiger partial charge is 0.127 e. The Labute approximate surface area is 89.9 Å². The average Bonchev–Trinajstić information content (AvgIpc) is 2.25. The zero-order chi connectivity index (χ0) is 11.3. The van der Waals surface area contributed by atoms with E-state index in [9.17, 15) is 0 Å². The summed E-state index contributed by atoms with van der Waals surface area (Å²) in [6, 6.07) is 5.58. The Morgan fingerprint density at radius 1 is 1.60 bits per heavy atom. The van der Waals surface area contributed by atoms with E-state index >= 15 is 0 Å². The Hall–Kier alpha value is -1.60. The van der Waals surface area contributed by atoms with E-state index in [4.69, 9.17) is 10.00 Å². The highest BCUT2D eigenvalue weighted by molar-refractivity contribution is 5.44. The minimum absolute atomic E-state index is 0.123. The van der Waals surface area contributed by atoms with Crippen molar-refractivity contribution in [1.82, 2.24) is 4.98 Å². The number of nitrogens with one attached hydrogen (secondary N) is 1. The van der Waals surface area contributed by atoms with Crippen LogP contribution < -0.4 is 5.32 Å². The van der Waals surface area contributed by atoms with Gasteiger partial charge in [-0.2, -0.15) is 5.26 Å². The molecule has 0 aliphatic carbocycles. The monoisotopic (exact) mass is 205 g/mol. The number of aryl methyl sites for hydroxylation is 1. The summed E-state index contributed by atoms with van der Waals surface area (Å²) in [6.07, 6.45) is 0.123. The van der Waals surface area contributed by atoms with Crippen LogP contribution in [0.5, 0.6) is 0 Å². The predicted molar refractivity (Wildman–Crippen MR) is 58.6 cm³/mol. The van der Waals surface area contributed by atoms with Crippen molar-refractivity contribution in [2.24, 2.45) is 0 Å². The Morgan fingerprint density at radius 2 is 2.33 bits per heavy atom. The molecule has 0 aliphatic rings. The fourth-order valence-electron chi connectivity index (χ4n) is 1.16. The maximum absolute atomic E-state index is 8.78. The lowest BCUT2D eigenvalue weighted by Gasteiger charge is -2.11. The number of anilines is 1. The first-order valence-electron chi connectivity index (χ1n) is 4.81. The van der Waals surface area contributed by atoms with E-state index in [0.29, 0.717) is 12.1 Å². The molecule has 1 rings (SSSR count). The molecule has 0 amide bonds. The van der Waals surface area contributed by atoms with Gasteiger partial charge in [-0.25, -0.2) is 4.98 Å². The maximum atomic E-state index is 8.78. The van der Waals surface area contributed by atoms with Crippen LogP contribution in [0.15, 0.2) is 12.1 Å². The number of pyridine rings is 1. The second-order valence-electron chi connectivity index (χ2n) is 3.42. The van der Waals surface area contributed by atoms with Crippen molar-refractivity contribution in [2.75, 3.05) is 19.0 Å². The van der Waals surface area contributed by atoms with Gasteiger partial charge in [-0.15, -0.1) is 0 Å². The molecule has 0 saturated carbocycles. The summed E-state index contributed by atoms with van der Waals surface area (Å²) in [4.78, 5) is 4.27. The number of rotatable bonds is 4. The first-order valence-corrected chi connectivity index (χ1v) is 4.81. The lowest BCUT2D eigenvalue weighted by Crippen LogP contribution is -2.18. The fourth-order valence-corrected chi connectivity index (χ4v) is 1.16.